The molecule has 5 amide bonds. The number of allylic oxidation sites excluding steroid dienone is 2. The molecule has 0 fully saturated rings. The summed E-state index contributed by atoms with van der Waals surface area (Å²) in [5.41, 5.74) is 9.85. The molecule has 0 saturated carbocycles. The summed E-state index contributed by atoms with van der Waals surface area (Å²) in [6.45, 7) is 16.7. The second kappa shape index (κ2) is 34.3. The number of ether oxygens (including phenoxy) is 2. The molecule has 8 N–H and O–H groups in total. The summed E-state index contributed by atoms with van der Waals surface area (Å²) in [6, 6.07) is 4.71. The van der Waals surface area contributed by atoms with Crippen LogP contribution in [0.2, 0.25) is 0 Å². The van der Waals surface area contributed by atoms with Crippen LogP contribution < -0.4 is 32.8 Å². The van der Waals surface area contributed by atoms with Crippen molar-refractivity contribution in [1.82, 2.24) is 59.5 Å². The molecule has 6 rings (SSSR count). The van der Waals surface area contributed by atoms with Crippen LogP contribution in [0.15, 0.2) is 70.6 Å². The topological polar surface area (TPSA) is 337 Å². The maximum Gasteiger partial charge on any atom is 0.407 e. The van der Waals surface area contributed by atoms with Gasteiger partial charge >= 0.3 is 18.2 Å². The minimum absolute atomic E-state index is 0.00181. The number of fused-ring (bicyclic) bond motifs is 2. The smallest absolute Gasteiger partial charge is 0.407 e. The van der Waals surface area contributed by atoms with Gasteiger partial charge in [0.15, 0.2) is 11.6 Å². The standard InChI is InChI=1S/C31H42FN7O5.C20H26FN5O.C11H18N2O5/c1-18(2)14-20-12-13-23(34-29(41)22(35-31(43)44-7)10-8-9-11-26(40)38(5)6)30(42)39(20)17-25-36-27-21(32)16-33-24(15-19(3)4)28(27)37-25;1-11(2)7-13-5-6-15(22)20(27)26(13)10-17-24-18-14(21)9-23-16(8-12(3)4)19(18)25-17;1-13(2)9(14)7-5-4-6-8(10(15)16)12-11(17)18-3/h9,11-13,16,18-19,22H,8,10,14-15,17H2,1-7H3,(H,34,41)(H,35,43)(H,36,37);5-6,9,11-12H,7-8,10,22H2,1-4H3,(H,24,25);5,7-8H,4,6H2,1-3H3,(H,12,17)(H,15,16)/b11-9+;;7-5+/t22-;;8-/m0.0/s1. The number of nitrogens with two attached hydrogens (primary N) is 1. The Labute approximate surface area is 516 Å². The number of H-pyrrole nitrogens is 2. The highest BCUT2D eigenvalue weighted by atomic mass is 19.1. The van der Waals surface area contributed by atoms with E-state index in [1.54, 1.807) is 57.0 Å². The van der Waals surface area contributed by atoms with Crippen LogP contribution in [0.3, 0.4) is 0 Å². The quantitative estimate of drug-likeness (QED) is 0.0276. The van der Waals surface area contributed by atoms with Crippen molar-refractivity contribution in [3.05, 3.63) is 128 Å². The highest BCUT2D eigenvalue weighted by Gasteiger charge is 2.25. The Morgan fingerprint density at radius 3 is 1.44 bits per heavy atom. The summed E-state index contributed by atoms with van der Waals surface area (Å²) in [7, 11) is 8.81. The normalized spacial score (nSPS) is 12.0. The van der Waals surface area contributed by atoms with Crippen LogP contribution in [-0.2, 0) is 67.4 Å². The summed E-state index contributed by atoms with van der Waals surface area (Å²) in [5, 5.41) is 16.2. The zero-order valence-corrected chi connectivity index (χ0v) is 53.2. The van der Waals surface area contributed by atoms with Crippen molar-refractivity contribution < 1.29 is 52.1 Å². The number of halogens is 2. The summed E-state index contributed by atoms with van der Waals surface area (Å²) < 4.78 is 41.0. The fourth-order valence-corrected chi connectivity index (χ4v) is 8.89. The molecule has 0 aliphatic carbocycles. The van der Waals surface area contributed by atoms with Gasteiger partial charge in [0.25, 0.3) is 11.1 Å². The van der Waals surface area contributed by atoms with Gasteiger partial charge in [-0.05, 0) is 111 Å². The molecule has 27 heteroatoms. The van der Waals surface area contributed by atoms with E-state index in [2.05, 4.69) is 83.0 Å². The number of carboxylic acid groups (broad SMARTS) is 1. The number of nitrogen functional groups attached to an aromatic ring is 1. The van der Waals surface area contributed by atoms with Crippen molar-refractivity contribution in [2.75, 3.05) is 53.5 Å². The lowest BCUT2D eigenvalue weighted by Crippen LogP contribution is -2.44. The lowest BCUT2D eigenvalue weighted by molar-refractivity contribution is -0.139. The SMILES string of the molecule is CC(C)Cc1ncc(F)c2nc(Cn3c(CC(C)C)ccc(N)c3=O)[nH]c12.COC(=O)N[C@@H](CC/C=C/C(=O)N(C)C)C(=O)Nc1ccc(CC(C)C)n(Cc2nc3c(F)cnc(CC(C)C)c3[nH]2)c1=O.COC(=O)N[C@@H](CC/C=C/C(=O)N(C)C)C(=O)O. The Balaban J connectivity index is 0.000000318. The van der Waals surface area contributed by atoms with Crippen molar-refractivity contribution >= 4 is 69.3 Å². The van der Waals surface area contributed by atoms with E-state index in [0.29, 0.717) is 71.6 Å². The molecule has 0 bridgehead atoms. The van der Waals surface area contributed by atoms with Crippen LogP contribution >= 0.6 is 0 Å². The van der Waals surface area contributed by atoms with Crippen LogP contribution in [0.4, 0.5) is 29.7 Å². The lowest BCUT2D eigenvalue weighted by atomic mass is 10.1. The van der Waals surface area contributed by atoms with Gasteiger partial charge < -0.3 is 65.2 Å². The molecular formula is C62H86F2N14O11. The van der Waals surface area contributed by atoms with Crippen molar-refractivity contribution in [3.63, 3.8) is 0 Å². The number of alkyl carbamates (subject to hydrolysis) is 2. The number of carbonyl (C=O) groups excluding carboxylic acids is 5. The number of carboxylic acids is 1. The number of imidazole rings is 2. The third-order valence-electron chi connectivity index (χ3n) is 13.3. The molecule has 0 aromatic carbocycles. The number of rotatable bonds is 25. The number of aromatic amines is 2. The molecule has 6 aromatic rings. The number of nitrogens with one attached hydrogen (secondary N) is 5. The monoisotopic (exact) mass is 1240 g/mol. The molecule has 0 unspecified atom stereocenters. The van der Waals surface area contributed by atoms with E-state index >= 15 is 0 Å². The van der Waals surface area contributed by atoms with Gasteiger partial charge in [0.05, 0.1) is 67.8 Å². The third-order valence-corrected chi connectivity index (χ3v) is 13.3. The molecule has 25 nitrogen and oxygen atoms in total. The summed E-state index contributed by atoms with van der Waals surface area (Å²) in [6.07, 6.45) is 10.3. The number of pyridine rings is 4. The largest absolute Gasteiger partial charge is 0.480 e. The van der Waals surface area contributed by atoms with Crippen molar-refractivity contribution in [2.24, 2.45) is 23.7 Å². The zero-order valence-electron chi connectivity index (χ0n) is 53.2. The van der Waals surface area contributed by atoms with E-state index in [-0.39, 0.29) is 77.5 Å². The number of aliphatic carboxylic acids is 1. The Bertz CT molecular complexity index is 3600. The molecule has 6 heterocycles. The Morgan fingerprint density at radius 2 is 1.03 bits per heavy atom. The van der Waals surface area contributed by atoms with E-state index < -0.39 is 53.3 Å². The predicted octanol–water partition coefficient (Wildman–Crippen LogP) is 7.30. The molecule has 89 heavy (non-hydrogen) atoms. The molecule has 0 spiro atoms. The van der Waals surface area contributed by atoms with Crippen LogP contribution in [0.5, 0.6) is 0 Å². The first kappa shape index (κ1) is 72.2. The number of nitrogens with zero attached hydrogens (tertiary/aromatic N) is 8. The Kier molecular flexibility index (Phi) is 27.8. The summed E-state index contributed by atoms with van der Waals surface area (Å²) in [4.78, 5) is 123. The number of hydrogen-bond donors (Lipinski definition) is 7. The van der Waals surface area contributed by atoms with Crippen LogP contribution in [-0.4, -0.2) is 144 Å². The predicted molar refractivity (Wildman–Crippen MR) is 335 cm³/mol. The number of hydrogen-bond acceptors (Lipinski definition) is 15. The highest BCUT2D eigenvalue weighted by Crippen LogP contribution is 2.23. The lowest BCUT2D eigenvalue weighted by Gasteiger charge is -2.19. The van der Waals surface area contributed by atoms with Gasteiger partial charge in [-0.25, -0.2) is 33.1 Å². The van der Waals surface area contributed by atoms with E-state index in [4.69, 9.17) is 10.8 Å². The van der Waals surface area contributed by atoms with Gasteiger partial charge in [0.2, 0.25) is 17.7 Å². The van der Waals surface area contributed by atoms with Crippen molar-refractivity contribution in [2.45, 2.75) is 132 Å². The van der Waals surface area contributed by atoms with Gasteiger partial charge in [0, 0.05) is 39.6 Å². The number of carbonyl (C=O) groups is 6. The fourth-order valence-electron chi connectivity index (χ4n) is 8.89. The molecule has 0 aliphatic rings. The van der Waals surface area contributed by atoms with Gasteiger partial charge in [-0.2, -0.15) is 0 Å². The van der Waals surface area contributed by atoms with Crippen molar-refractivity contribution in [1.29, 1.82) is 0 Å². The number of aromatic nitrogens is 8. The summed E-state index contributed by atoms with van der Waals surface area (Å²) in [5.74, 6) is -1.03. The van der Waals surface area contributed by atoms with Gasteiger partial charge in [0.1, 0.15) is 40.5 Å². The molecule has 484 valence electrons. The fraction of sp³-hybridized carbons (Fsp3) is 0.484. The third kappa shape index (κ3) is 22.1. The maximum atomic E-state index is 14.6. The minimum atomic E-state index is -1.15. The first-order valence-electron chi connectivity index (χ1n) is 29.2. The molecule has 6 aromatic heterocycles. The summed E-state index contributed by atoms with van der Waals surface area (Å²) >= 11 is 0. The molecule has 0 aliphatic heterocycles. The maximum absolute atomic E-state index is 14.6. The second-order valence-electron chi connectivity index (χ2n) is 23.2. The van der Waals surface area contributed by atoms with Gasteiger partial charge in [-0.3, -0.25) is 33.9 Å². The first-order chi connectivity index (χ1) is 41.9. The minimum Gasteiger partial charge on any atom is -0.480 e. The number of likely N-dealkylation sites (N-methyl/N-ethyl adjacent to an activating group) is 2. The van der Waals surface area contributed by atoms with Gasteiger partial charge in [-0.15, -0.1) is 0 Å². The number of methoxy groups -OCH3 is 2. The van der Waals surface area contributed by atoms with Crippen LogP contribution in [0.25, 0.3) is 22.1 Å². The molecule has 2 atom stereocenters. The van der Waals surface area contributed by atoms with E-state index in [1.165, 1.54) is 45.9 Å². The van der Waals surface area contributed by atoms with Crippen LogP contribution in [0, 0.1) is 35.3 Å². The highest BCUT2D eigenvalue weighted by molar-refractivity contribution is 5.96. The van der Waals surface area contributed by atoms with E-state index in [0.717, 1.165) is 37.5 Å². The van der Waals surface area contributed by atoms with Gasteiger partial charge in [-0.1, -0.05) is 67.5 Å². The molecular weight excluding hydrogens is 1150 g/mol. The van der Waals surface area contributed by atoms with E-state index in [1.807, 2.05) is 33.8 Å². The Morgan fingerprint density at radius 1 is 0.629 bits per heavy atom. The average molecular weight is 1240 g/mol. The molecule has 0 saturated heterocycles. The zero-order chi connectivity index (χ0) is 66.4. The average Bonchev–Trinajstić information content (AvgIpc) is 2.24. The number of amides is 5. The van der Waals surface area contributed by atoms with Crippen molar-refractivity contribution in [3.8, 4) is 0 Å². The second-order valence-corrected chi connectivity index (χ2v) is 23.2. The number of anilines is 2. The van der Waals surface area contributed by atoms with Crippen LogP contribution in [0.1, 0.15) is 115 Å². The molecule has 0 radical (unpaired) electrons. The van der Waals surface area contributed by atoms with E-state index in [9.17, 15) is 47.1 Å². The first-order valence-corrected chi connectivity index (χ1v) is 29.2. The Hall–Kier alpha value is -9.30.